The van der Waals surface area contributed by atoms with E-state index in [4.69, 9.17) is 4.74 Å². The van der Waals surface area contributed by atoms with E-state index in [1.54, 1.807) is 0 Å². The molecule has 0 saturated heterocycles. The van der Waals surface area contributed by atoms with Crippen molar-refractivity contribution in [2.24, 2.45) is 0 Å². The molecule has 0 heterocycles. The maximum absolute atomic E-state index is 5.91. The van der Waals surface area contributed by atoms with Crippen LogP contribution in [-0.4, -0.2) is 20.5 Å². The third-order valence-corrected chi connectivity index (χ3v) is 22.2. The molecule has 0 fully saturated rings. The predicted octanol–water partition coefficient (Wildman–Crippen LogP) is 7.04. The van der Waals surface area contributed by atoms with Crippen molar-refractivity contribution in [3.8, 4) is 16.9 Å². The zero-order valence-corrected chi connectivity index (χ0v) is 21.3. The Labute approximate surface area is 178 Å². The molecule has 3 rings (SSSR count). The van der Waals surface area contributed by atoms with Crippen molar-refractivity contribution in [2.75, 3.05) is 6.61 Å². The Kier molecular flexibility index (Phi) is 8.28. The minimum atomic E-state index is -2.44. The van der Waals surface area contributed by atoms with E-state index in [9.17, 15) is 0 Å². The van der Waals surface area contributed by atoms with Gasteiger partial charge in [0.15, 0.2) is 0 Å². The number of benzene rings is 3. The number of halogens is 2. The van der Waals surface area contributed by atoms with Crippen LogP contribution in [0.3, 0.4) is 0 Å². The van der Waals surface area contributed by atoms with Crippen LogP contribution in [0.25, 0.3) is 11.1 Å². The third kappa shape index (κ3) is 6.65. The van der Waals surface area contributed by atoms with Crippen LogP contribution >= 0.6 is 25.4 Å². The molecule has 0 aliphatic heterocycles. The molecule has 140 valence electrons. The van der Waals surface area contributed by atoms with Crippen molar-refractivity contribution in [1.82, 2.24) is 0 Å². The summed E-state index contributed by atoms with van der Waals surface area (Å²) < 4.78 is 8.64. The quantitative estimate of drug-likeness (QED) is 0.191. The zero-order valence-electron chi connectivity index (χ0n) is 15.3. The SMILES string of the molecule is [Br][Sn]([Br])([CH2]CCCCOc1ccc(-c2ccccc2)cc1)[c]1ccccc1. The molecule has 0 amide bonds. The minimum absolute atomic E-state index is 0.781. The second-order valence-electron chi connectivity index (χ2n) is 6.62. The fourth-order valence-electron chi connectivity index (χ4n) is 3.02. The molecule has 3 aromatic carbocycles. The van der Waals surface area contributed by atoms with E-state index in [-0.39, 0.29) is 0 Å². The molecular formula is C23H24Br2OSn. The third-order valence-electron chi connectivity index (χ3n) is 4.56. The maximum atomic E-state index is 5.91. The van der Waals surface area contributed by atoms with Gasteiger partial charge < -0.3 is 0 Å². The predicted molar refractivity (Wildman–Crippen MR) is 126 cm³/mol. The van der Waals surface area contributed by atoms with Gasteiger partial charge in [0.2, 0.25) is 0 Å². The van der Waals surface area contributed by atoms with Gasteiger partial charge in [-0.2, -0.15) is 0 Å². The molecule has 0 radical (unpaired) electrons. The van der Waals surface area contributed by atoms with Gasteiger partial charge >= 0.3 is 162 Å². The monoisotopic (exact) mass is 594 g/mol. The van der Waals surface area contributed by atoms with Crippen LogP contribution in [0.5, 0.6) is 5.75 Å². The van der Waals surface area contributed by atoms with Crippen molar-refractivity contribution < 1.29 is 4.74 Å². The molecule has 0 atom stereocenters. The molecule has 0 aliphatic rings. The van der Waals surface area contributed by atoms with Gasteiger partial charge in [-0.05, 0) is 0 Å². The summed E-state index contributed by atoms with van der Waals surface area (Å²) in [5.41, 5.74) is 2.46. The van der Waals surface area contributed by atoms with Crippen molar-refractivity contribution in [3.05, 3.63) is 84.9 Å². The molecule has 1 nitrogen and oxygen atoms in total. The molecule has 4 heteroatoms. The molecule has 0 N–H and O–H groups in total. The van der Waals surface area contributed by atoms with Crippen molar-refractivity contribution in [2.45, 2.75) is 23.7 Å². The summed E-state index contributed by atoms with van der Waals surface area (Å²) in [5, 5.41) is 0. The van der Waals surface area contributed by atoms with E-state index in [1.807, 2.05) is 6.07 Å². The Balaban J connectivity index is 1.37. The van der Waals surface area contributed by atoms with Crippen LogP contribution in [0, 0.1) is 0 Å². The van der Waals surface area contributed by atoms with Gasteiger partial charge in [0.1, 0.15) is 0 Å². The molecule has 0 aromatic heterocycles. The summed E-state index contributed by atoms with van der Waals surface area (Å²) in [6.07, 6.45) is 3.53. The Hall–Kier alpha value is -0.781. The first-order valence-electron chi connectivity index (χ1n) is 9.37. The summed E-state index contributed by atoms with van der Waals surface area (Å²) in [4.78, 5) is 0. The fourth-order valence-corrected chi connectivity index (χ4v) is 15.1. The van der Waals surface area contributed by atoms with Gasteiger partial charge in [-0.1, -0.05) is 18.2 Å². The summed E-state index contributed by atoms with van der Waals surface area (Å²) in [5.74, 6) is 0.952. The summed E-state index contributed by atoms with van der Waals surface area (Å²) in [7, 11) is 0. The standard InChI is InChI=1S/C17H19O.C6H5.2BrH.Sn/c1-2-3-7-14-18-17-12-10-16(11-13-17)15-8-5-4-6-9-15;1-2-4-6-5-3-1;;;/h4-6,8-13H,1-3,7,14H2;1-5H;2*1H;/q;;;;+2/p-2. The zero-order chi connectivity index (χ0) is 19.0. The topological polar surface area (TPSA) is 9.23 Å². The normalized spacial score (nSPS) is 11.3. The Bertz CT molecular complexity index is 805. The van der Waals surface area contributed by atoms with E-state index in [1.165, 1.54) is 32.0 Å². The number of hydrogen-bond donors (Lipinski definition) is 0. The average molecular weight is 595 g/mol. The Morgan fingerprint density at radius 3 is 1.89 bits per heavy atom. The van der Waals surface area contributed by atoms with Crippen molar-refractivity contribution in [1.29, 1.82) is 0 Å². The van der Waals surface area contributed by atoms with E-state index in [2.05, 4.69) is 104 Å². The second-order valence-corrected chi connectivity index (χ2v) is 39.0. The Morgan fingerprint density at radius 2 is 1.22 bits per heavy atom. The first kappa shape index (κ1) is 20.9. The van der Waals surface area contributed by atoms with E-state index >= 15 is 0 Å². The summed E-state index contributed by atoms with van der Waals surface area (Å²) >= 11 is 5.59. The molecule has 0 unspecified atom stereocenters. The molecule has 27 heavy (non-hydrogen) atoms. The number of ether oxygens (including phenoxy) is 1. The van der Waals surface area contributed by atoms with Crippen molar-refractivity contribution in [3.63, 3.8) is 0 Å². The molecular weight excluding hydrogens is 571 g/mol. The van der Waals surface area contributed by atoms with Crippen LogP contribution < -0.4 is 8.32 Å². The molecule has 0 spiro atoms. The Morgan fingerprint density at radius 1 is 0.630 bits per heavy atom. The van der Waals surface area contributed by atoms with Gasteiger partial charge in [0.05, 0.1) is 0 Å². The fraction of sp³-hybridized carbons (Fsp3) is 0.217. The van der Waals surface area contributed by atoms with Crippen LogP contribution in [0.1, 0.15) is 19.3 Å². The number of hydrogen-bond acceptors (Lipinski definition) is 1. The summed E-state index contributed by atoms with van der Waals surface area (Å²) in [6, 6.07) is 29.6. The van der Waals surface area contributed by atoms with E-state index < -0.39 is 13.9 Å². The van der Waals surface area contributed by atoms with Crippen molar-refractivity contribution >= 4 is 42.9 Å². The summed E-state index contributed by atoms with van der Waals surface area (Å²) in [6.45, 7) is 0.781. The number of rotatable bonds is 9. The first-order valence-corrected chi connectivity index (χ1v) is 25.6. The molecule has 0 aliphatic carbocycles. The van der Waals surface area contributed by atoms with Crippen LogP contribution in [0.15, 0.2) is 84.9 Å². The number of unbranched alkanes of at least 4 members (excludes halogenated alkanes) is 2. The second kappa shape index (κ2) is 10.7. The average Bonchev–Trinajstić information content (AvgIpc) is 2.72. The molecule has 0 bridgehead atoms. The van der Waals surface area contributed by atoms with Gasteiger partial charge in [0.25, 0.3) is 0 Å². The molecule has 0 saturated carbocycles. The first-order chi connectivity index (χ1) is 13.1. The van der Waals surface area contributed by atoms with Gasteiger partial charge in [0, 0.05) is 0 Å². The van der Waals surface area contributed by atoms with Crippen LogP contribution in [0.4, 0.5) is 0 Å². The van der Waals surface area contributed by atoms with E-state index in [0.29, 0.717) is 0 Å². The van der Waals surface area contributed by atoms with E-state index in [0.717, 1.165) is 18.8 Å². The van der Waals surface area contributed by atoms with Gasteiger partial charge in [-0.25, -0.2) is 0 Å². The van der Waals surface area contributed by atoms with Gasteiger partial charge in [-0.3, -0.25) is 0 Å². The van der Waals surface area contributed by atoms with Crippen LogP contribution in [0.2, 0.25) is 4.44 Å². The van der Waals surface area contributed by atoms with Crippen LogP contribution in [-0.2, 0) is 0 Å². The van der Waals surface area contributed by atoms with Gasteiger partial charge in [-0.15, -0.1) is 0 Å². The molecule has 3 aromatic rings.